The smallest absolute Gasteiger partial charge is 0.435 e. The molecule has 0 saturated carbocycles. The molecule has 176 valence electrons. The lowest BCUT2D eigenvalue weighted by Gasteiger charge is -2.21. The maximum Gasteiger partial charge on any atom is 0.435 e. The highest BCUT2D eigenvalue weighted by molar-refractivity contribution is 6.02. The molecule has 0 aliphatic heterocycles. The monoisotopic (exact) mass is 471 g/mol. The van der Waals surface area contributed by atoms with E-state index in [1.807, 2.05) is 0 Å². The van der Waals surface area contributed by atoms with Crippen molar-refractivity contribution in [3.63, 3.8) is 0 Å². The van der Waals surface area contributed by atoms with Crippen LogP contribution in [0, 0.1) is 0 Å². The quantitative estimate of drug-likeness (QED) is 0.518. The molecule has 8 nitrogen and oxygen atoms in total. The summed E-state index contributed by atoms with van der Waals surface area (Å²) in [5.74, 6) is 0. The molecule has 33 heavy (non-hydrogen) atoms. The van der Waals surface area contributed by atoms with Gasteiger partial charge in [-0.15, -0.1) is 12.4 Å². The van der Waals surface area contributed by atoms with Gasteiger partial charge < -0.3 is 21.1 Å². The molecule has 2 aromatic carbocycles. The van der Waals surface area contributed by atoms with Crippen LogP contribution < -0.4 is 16.4 Å². The van der Waals surface area contributed by atoms with Gasteiger partial charge in [-0.25, -0.2) is 9.59 Å². The summed E-state index contributed by atoms with van der Waals surface area (Å²) in [6.45, 7) is 6.95. The average molecular weight is 472 g/mol. The Morgan fingerprint density at radius 3 is 2.76 bits per heavy atom. The third-order valence-electron chi connectivity index (χ3n) is 5.77. The molecule has 0 spiro atoms. The Hall–Kier alpha value is -3.10. The van der Waals surface area contributed by atoms with Crippen LogP contribution in [-0.2, 0) is 16.6 Å². The van der Waals surface area contributed by atoms with Crippen molar-refractivity contribution in [2.75, 3.05) is 18.5 Å². The van der Waals surface area contributed by atoms with E-state index in [4.69, 9.17) is 10.5 Å². The van der Waals surface area contributed by atoms with Crippen molar-refractivity contribution in [3.05, 3.63) is 59.3 Å². The molecule has 4 rings (SSSR count). The second kappa shape index (κ2) is 9.80. The number of nitrogens with two attached hydrogens (primary N) is 1. The number of anilines is 1. The first-order valence-electron chi connectivity index (χ1n) is 10.8. The van der Waals surface area contributed by atoms with Crippen LogP contribution in [0.25, 0.3) is 10.9 Å². The van der Waals surface area contributed by atoms with Crippen LogP contribution in [0.4, 0.5) is 15.3 Å². The van der Waals surface area contributed by atoms with E-state index in [-0.39, 0.29) is 43.0 Å². The Balaban J connectivity index is 0.00000306. The number of benzene rings is 2. The molecule has 1 atom stereocenters. The number of hydrogen-bond donors (Lipinski definition) is 3. The average Bonchev–Trinajstić information content (AvgIpc) is 3.36. The van der Waals surface area contributed by atoms with Gasteiger partial charge in [0.05, 0.1) is 23.4 Å². The summed E-state index contributed by atoms with van der Waals surface area (Å²) in [5.41, 5.74) is 10.4. The van der Waals surface area contributed by atoms with Gasteiger partial charge in [-0.2, -0.15) is 9.78 Å². The van der Waals surface area contributed by atoms with Gasteiger partial charge in [-0.1, -0.05) is 45.0 Å². The molecule has 1 aliphatic rings. The maximum absolute atomic E-state index is 12.8. The number of aromatic nitrogens is 2. The topological polar surface area (TPSA) is 111 Å². The first kappa shape index (κ1) is 24.5. The number of nitrogens with one attached hydrogen (secondary N) is 2. The standard InChI is InChI=1S/C24H29N5O3.ClH/c1-24(2,3)16-8-9-17-15(13-16)7-10-20(17)28-22(30)27-19-5-4-6-21-18(19)14-26-29(21)23(31)32-12-11-25;/h4-6,8-9,13-14,20H,7,10-12,25H2,1-3H3,(H2,27,28,30);1H/t20-;/m1./s1. The minimum Gasteiger partial charge on any atom is -0.447 e. The van der Waals surface area contributed by atoms with Crippen molar-refractivity contribution in [2.45, 2.75) is 45.1 Å². The molecule has 0 radical (unpaired) electrons. The lowest BCUT2D eigenvalue weighted by molar-refractivity contribution is 0.149. The van der Waals surface area contributed by atoms with E-state index in [1.54, 1.807) is 18.2 Å². The van der Waals surface area contributed by atoms with Gasteiger partial charge in [-0.05, 0) is 47.1 Å². The number of carbonyl (C=O) groups excluding carboxylic acids is 2. The molecule has 4 N–H and O–H groups in total. The van der Waals surface area contributed by atoms with Crippen LogP contribution in [0.3, 0.4) is 0 Å². The summed E-state index contributed by atoms with van der Waals surface area (Å²) in [6.07, 6.45) is 2.74. The Kier molecular flexibility index (Phi) is 7.29. The molecule has 1 heterocycles. The van der Waals surface area contributed by atoms with Crippen molar-refractivity contribution < 1.29 is 14.3 Å². The molecular weight excluding hydrogens is 442 g/mol. The minimum absolute atomic E-state index is 0. The van der Waals surface area contributed by atoms with Crippen molar-refractivity contribution in [1.29, 1.82) is 0 Å². The highest BCUT2D eigenvalue weighted by Gasteiger charge is 2.26. The van der Waals surface area contributed by atoms with Gasteiger partial charge in [0.2, 0.25) is 0 Å². The van der Waals surface area contributed by atoms with Crippen LogP contribution in [0.15, 0.2) is 42.6 Å². The Labute approximate surface area is 199 Å². The summed E-state index contributed by atoms with van der Waals surface area (Å²) < 4.78 is 6.21. The summed E-state index contributed by atoms with van der Waals surface area (Å²) in [5, 5.41) is 10.7. The van der Waals surface area contributed by atoms with Crippen LogP contribution in [0.5, 0.6) is 0 Å². The molecule has 0 saturated heterocycles. The summed E-state index contributed by atoms with van der Waals surface area (Å²) in [4.78, 5) is 24.9. The minimum atomic E-state index is -0.607. The SMILES string of the molecule is CC(C)(C)c1ccc2c(c1)CC[C@H]2NC(=O)Nc1cccc2c1cnn2C(=O)OCCN.Cl. The number of fused-ring (bicyclic) bond motifs is 2. The largest absolute Gasteiger partial charge is 0.447 e. The number of aryl methyl sites for hydroxylation is 1. The molecule has 0 unspecified atom stereocenters. The zero-order chi connectivity index (χ0) is 22.9. The number of halogens is 1. The summed E-state index contributed by atoms with van der Waals surface area (Å²) in [6, 6.07) is 11.5. The fourth-order valence-corrected chi connectivity index (χ4v) is 4.06. The van der Waals surface area contributed by atoms with E-state index < -0.39 is 6.09 Å². The van der Waals surface area contributed by atoms with Gasteiger partial charge >= 0.3 is 12.1 Å². The van der Waals surface area contributed by atoms with E-state index in [9.17, 15) is 9.59 Å². The van der Waals surface area contributed by atoms with Crippen LogP contribution in [-0.4, -0.2) is 35.1 Å². The van der Waals surface area contributed by atoms with Gasteiger partial charge in [0.15, 0.2) is 0 Å². The Morgan fingerprint density at radius 2 is 2.03 bits per heavy atom. The second-order valence-electron chi connectivity index (χ2n) is 9.05. The Bertz CT molecular complexity index is 1170. The van der Waals surface area contributed by atoms with Gasteiger partial charge in [0.1, 0.15) is 6.61 Å². The first-order valence-corrected chi connectivity index (χ1v) is 10.8. The summed E-state index contributed by atoms with van der Waals surface area (Å²) >= 11 is 0. The fraction of sp³-hybridized carbons (Fsp3) is 0.375. The van der Waals surface area contributed by atoms with E-state index in [2.05, 4.69) is 54.7 Å². The van der Waals surface area contributed by atoms with Gasteiger partial charge in [-0.3, -0.25) is 0 Å². The molecule has 9 heteroatoms. The summed E-state index contributed by atoms with van der Waals surface area (Å²) in [7, 11) is 0. The van der Waals surface area contributed by atoms with Gasteiger partial charge in [0.25, 0.3) is 0 Å². The molecular formula is C24H30ClN5O3. The van der Waals surface area contributed by atoms with E-state index in [0.29, 0.717) is 16.6 Å². The number of nitrogens with zero attached hydrogens (tertiary/aromatic N) is 2. The van der Waals surface area contributed by atoms with E-state index >= 15 is 0 Å². The predicted molar refractivity (Wildman–Crippen MR) is 131 cm³/mol. The number of amides is 2. The van der Waals surface area contributed by atoms with Crippen LogP contribution in [0.1, 0.15) is 49.9 Å². The number of urea groups is 1. The third kappa shape index (κ3) is 5.12. The van der Waals surface area contributed by atoms with Crippen molar-refractivity contribution >= 4 is 41.1 Å². The van der Waals surface area contributed by atoms with Crippen molar-refractivity contribution in [3.8, 4) is 0 Å². The predicted octanol–water partition coefficient (Wildman–Crippen LogP) is 4.51. The van der Waals surface area contributed by atoms with Crippen LogP contribution >= 0.6 is 12.4 Å². The molecule has 1 aromatic heterocycles. The van der Waals surface area contributed by atoms with E-state index in [0.717, 1.165) is 17.5 Å². The highest BCUT2D eigenvalue weighted by atomic mass is 35.5. The molecule has 3 aromatic rings. The molecule has 2 amide bonds. The second-order valence-corrected chi connectivity index (χ2v) is 9.05. The zero-order valence-corrected chi connectivity index (χ0v) is 19.9. The van der Waals surface area contributed by atoms with E-state index in [1.165, 1.54) is 22.9 Å². The lowest BCUT2D eigenvalue weighted by atomic mass is 9.85. The molecule has 0 bridgehead atoms. The van der Waals surface area contributed by atoms with Gasteiger partial charge in [0, 0.05) is 11.9 Å². The Morgan fingerprint density at radius 1 is 1.24 bits per heavy atom. The number of hydrogen-bond acceptors (Lipinski definition) is 5. The zero-order valence-electron chi connectivity index (χ0n) is 19.1. The molecule has 1 aliphatic carbocycles. The normalized spacial score (nSPS) is 15.0. The fourth-order valence-electron chi connectivity index (χ4n) is 4.06. The van der Waals surface area contributed by atoms with Crippen molar-refractivity contribution in [2.24, 2.45) is 5.73 Å². The number of carbonyl (C=O) groups is 2. The number of ether oxygens (including phenoxy) is 1. The third-order valence-corrected chi connectivity index (χ3v) is 5.77. The van der Waals surface area contributed by atoms with Crippen LogP contribution in [0.2, 0.25) is 0 Å². The highest BCUT2D eigenvalue weighted by Crippen LogP contribution is 2.34. The first-order chi connectivity index (χ1) is 15.3. The number of rotatable bonds is 4. The van der Waals surface area contributed by atoms with Crippen molar-refractivity contribution in [1.82, 2.24) is 15.1 Å². The molecule has 0 fully saturated rings. The lowest BCUT2D eigenvalue weighted by Crippen LogP contribution is -2.31. The maximum atomic E-state index is 12.8.